The number of aliphatic hydroxyl groups excluding tert-OH is 1. The zero-order valence-electron chi connectivity index (χ0n) is 9.27. The van der Waals surface area contributed by atoms with E-state index in [4.69, 9.17) is 15.6 Å². The highest BCUT2D eigenvalue weighted by molar-refractivity contribution is 5.22. The Hall–Kier alpha value is -1.44. The molecular weight excluding hydrogens is 212 g/mol. The molecule has 92 valence electrons. The molecule has 1 aromatic heterocycles. The van der Waals surface area contributed by atoms with Gasteiger partial charge in [0.15, 0.2) is 0 Å². The number of hydrogen-bond acceptors (Lipinski definition) is 6. The third kappa shape index (κ3) is 7.92. The number of nitrogens with zero attached hydrogens (tertiary/aromatic N) is 1. The van der Waals surface area contributed by atoms with Crippen molar-refractivity contribution < 1.29 is 9.84 Å². The van der Waals surface area contributed by atoms with Gasteiger partial charge in [-0.25, -0.2) is 9.78 Å². The smallest absolute Gasteiger partial charge is 0.346 e. The van der Waals surface area contributed by atoms with Gasteiger partial charge in [0, 0.05) is 26.4 Å². The maximum Gasteiger partial charge on any atom is 0.346 e. The summed E-state index contributed by atoms with van der Waals surface area (Å²) >= 11 is 0. The number of morpholine rings is 1. The minimum atomic E-state index is -0.412. The molecule has 2 heterocycles. The molecule has 1 fully saturated rings. The quantitative estimate of drug-likeness (QED) is 0.434. The molecule has 1 saturated heterocycles. The Labute approximate surface area is 93.7 Å². The molecule has 16 heavy (non-hydrogen) atoms. The topological polar surface area (TPSA) is 113 Å². The number of aromatic nitrogens is 2. The van der Waals surface area contributed by atoms with Crippen LogP contribution in [0.15, 0.2) is 17.1 Å². The number of aromatic amines is 1. The van der Waals surface area contributed by atoms with Gasteiger partial charge < -0.3 is 20.9 Å². The van der Waals surface area contributed by atoms with Crippen LogP contribution in [0.3, 0.4) is 0 Å². The summed E-state index contributed by atoms with van der Waals surface area (Å²) < 4.78 is 5.01. The molecule has 0 unspecified atom stereocenters. The molecule has 0 atom stereocenters. The second-order valence-corrected chi connectivity index (χ2v) is 2.69. The Morgan fingerprint density at radius 3 is 2.31 bits per heavy atom. The fourth-order valence-electron chi connectivity index (χ4n) is 0.898. The summed E-state index contributed by atoms with van der Waals surface area (Å²) in [5.41, 5.74) is 4.75. The van der Waals surface area contributed by atoms with Crippen molar-refractivity contribution in [2.45, 2.75) is 0 Å². The van der Waals surface area contributed by atoms with E-state index < -0.39 is 5.69 Å². The number of ether oxygens (including phenoxy) is 1. The zero-order valence-corrected chi connectivity index (χ0v) is 9.27. The molecule has 0 radical (unpaired) electrons. The van der Waals surface area contributed by atoms with Crippen LogP contribution in [0.2, 0.25) is 0 Å². The minimum absolute atomic E-state index is 0.338. The SMILES string of the molecule is C1COCCN1.CO.Nc1ccnc(=O)[nH]1. The fourth-order valence-corrected chi connectivity index (χ4v) is 0.898. The van der Waals surface area contributed by atoms with E-state index in [2.05, 4.69) is 15.3 Å². The van der Waals surface area contributed by atoms with E-state index in [0.717, 1.165) is 33.4 Å². The van der Waals surface area contributed by atoms with Crippen LogP contribution in [-0.2, 0) is 4.74 Å². The van der Waals surface area contributed by atoms with Crippen LogP contribution < -0.4 is 16.7 Å². The highest BCUT2D eigenvalue weighted by Crippen LogP contribution is 1.82. The van der Waals surface area contributed by atoms with Gasteiger partial charge in [0.05, 0.1) is 13.2 Å². The molecule has 0 spiro atoms. The average molecular weight is 230 g/mol. The van der Waals surface area contributed by atoms with Crippen LogP contribution in [0.5, 0.6) is 0 Å². The van der Waals surface area contributed by atoms with Crippen LogP contribution >= 0.6 is 0 Å². The molecular formula is C9H18N4O3. The Morgan fingerprint density at radius 2 is 2.06 bits per heavy atom. The van der Waals surface area contributed by atoms with Crippen LogP contribution in [-0.4, -0.2) is 48.5 Å². The van der Waals surface area contributed by atoms with Crippen molar-refractivity contribution in [3.8, 4) is 0 Å². The molecule has 1 aromatic rings. The van der Waals surface area contributed by atoms with E-state index in [-0.39, 0.29) is 0 Å². The summed E-state index contributed by atoms with van der Waals surface area (Å²) in [5, 5.41) is 10.2. The van der Waals surface area contributed by atoms with E-state index in [1.54, 1.807) is 0 Å². The third-order valence-electron chi connectivity index (χ3n) is 1.54. The van der Waals surface area contributed by atoms with E-state index in [9.17, 15) is 4.79 Å². The maximum absolute atomic E-state index is 10.2. The van der Waals surface area contributed by atoms with E-state index in [1.165, 1.54) is 12.3 Å². The van der Waals surface area contributed by atoms with Crippen molar-refractivity contribution in [2.75, 3.05) is 39.1 Å². The molecule has 0 aromatic carbocycles. The predicted molar refractivity (Wildman–Crippen MR) is 61.1 cm³/mol. The molecule has 1 aliphatic heterocycles. The van der Waals surface area contributed by atoms with Crippen LogP contribution in [0.1, 0.15) is 0 Å². The van der Waals surface area contributed by atoms with Gasteiger partial charge in [0.2, 0.25) is 0 Å². The van der Waals surface area contributed by atoms with Gasteiger partial charge in [-0.2, -0.15) is 0 Å². The second-order valence-electron chi connectivity index (χ2n) is 2.69. The first kappa shape index (κ1) is 14.6. The lowest BCUT2D eigenvalue weighted by atomic mass is 10.5. The number of rotatable bonds is 0. The van der Waals surface area contributed by atoms with Gasteiger partial charge in [0.1, 0.15) is 5.82 Å². The molecule has 1 aliphatic rings. The summed E-state index contributed by atoms with van der Waals surface area (Å²) in [7, 11) is 1.00. The molecule has 7 nitrogen and oxygen atoms in total. The van der Waals surface area contributed by atoms with Crippen molar-refractivity contribution in [3.05, 3.63) is 22.7 Å². The standard InChI is InChI=1S/C4H5N3O.C4H9NO.CH4O/c5-3-1-2-6-4(8)7-3;1-3-6-4-2-5-1;1-2/h1-2H,(H3,5,6,7,8);5H,1-4H2;2H,1H3. The minimum Gasteiger partial charge on any atom is -0.400 e. The first-order valence-electron chi connectivity index (χ1n) is 4.83. The van der Waals surface area contributed by atoms with E-state index in [0.29, 0.717) is 5.82 Å². The first-order chi connectivity index (χ1) is 7.79. The zero-order chi connectivity index (χ0) is 12.2. The number of hydrogen-bond donors (Lipinski definition) is 4. The van der Waals surface area contributed by atoms with Gasteiger partial charge in [-0.05, 0) is 6.07 Å². The van der Waals surface area contributed by atoms with Crippen LogP contribution in [0, 0.1) is 0 Å². The van der Waals surface area contributed by atoms with Crippen molar-refractivity contribution >= 4 is 5.82 Å². The highest BCUT2D eigenvalue weighted by atomic mass is 16.5. The molecule has 7 heteroatoms. The lowest BCUT2D eigenvalue weighted by molar-refractivity contribution is 0.109. The molecule has 0 aliphatic carbocycles. The third-order valence-corrected chi connectivity index (χ3v) is 1.54. The largest absolute Gasteiger partial charge is 0.400 e. The summed E-state index contributed by atoms with van der Waals surface area (Å²) in [5.74, 6) is 0.338. The molecule has 0 saturated carbocycles. The summed E-state index contributed by atoms with van der Waals surface area (Å²) in [4.78, 5) is 15.9. The van der Waals surface area contributed by atoms with Crippen LogP contribution in [0.4, 0.5) is 5.82 Å². The van der Waals surface area contributed by atoms with Gasteiger partial charge >= 0.3 is 5.69 Å². The number of nitrogen functional groups attached to an aromatic ring is 1. The molecule has 2 rings (SSSR count). The fraction of sp³-hybridized carbons (Fsp3) is 0.556. The van der Waals surface area contributed by atoms with Crippen molar-refractivity contribution in [3.63, 3.8) is 0 Å². The number of H-pyrrole nitrogens is 1. The number of nitrogens with one attached hydrogen (secondary N) is 2. The number of aliphatic hydroxyl groups is 1. The Bertz CT molecular complexity index is 300. The molecule has 0 amide bonds. The molecule has 5 N–H and O–H groups in total. The van der Waals surface area contributed by atoms with E-state index in [1.807, 2.05) is 0 Å². The van der Waals surface area contributed by atoms with Gasteiger partial charge in [-0.3, -0.25) is 4.98 Å². The summed E-state index contributed by atoms with van der Waals surface area (Å²) in [6.07, 6.45) is 1.36. The highest BCUT2D eigenvalue weighted by Gasteiger charge is 1.92. The molecule has 0 bridgehead atoms. The summed E-state index contributed by atoms with van der Waals surface area (Å²) in [6.45, 7) is 3.83. The Morgan fingerprint density at radius 1 is 1.44 bits per heavy atom. The number of anilines is 1. The number of nitrogens with two attached hydrogens (primary N) is 1. The normalized spacial score (nSPS) is 13.9. The van der Waals surface area contributed by atoms with Crippen molar-refractivity contribution in [2.24, 2.45) is 0 Å². The van der Waals surface area contributed by atoms with Gasteiger partial charge in [0.25, 0.3) is 0 Å². The monoisotopic (exact) mass is 230 g/mol. The predicted octanol–water partition coefficient (Wildman–Crippen LogP) is -1.43. The summed E-state index contributed by atoms with van der Waals surface area (Å²) in [6, 6.07) is 1.52. The van der Waals surface area contributed by atoms with Gasteiger partial charge in [-0.15, -0.1) is 0 Å². The lowest BCUT2D eigenvalue weighted by Gasteiger charge is -2.10. The van der Waals surface area contributed by atoms with Crippen molar-refractivity contribution in [1.29, 1.82) is 0 Å². The van der Waals surface area contributed by atoms with Gasteiger partial charge in [-0.1, -0.05) is 0 Å². The first-order valence-corrected chi connectivity index (χ1v) is 4.83. The second kappa shape index (κ2) is 10.1. The average Bonchev–Trinajstić information content (AvgIpc) is 2.34. The Kier molecular flexibility index (Phi) is 9.18. The van der Waals surface area contributed by atoms with Crippen molar-refractivity contribution in [1.82, 2.24) is 15.3 Å². The Balaban J connectivity index is 0.000000251. The lowest BCUT2D eigenvalue weighted by Crippen LogP contribution is -2.30. The maximum atomic E-state index is 10.2. The van der Waals surface area contributed by atoms with E-state index >= 15 is 0 Å². The van der Waals surface area contributed by atoms with Crippen LogP contribution in [0.25, 0.3) is 0 Å².